The molecule has 0 saturated carbocycles. The molecule has 0 saturated heterocycles. The molecule has 1 heterocycles. The summed E-state index contributed by atoms with van der Waals surface area (Å²) in [6, 6.07) is 0.442. The van der Waals surface area contributed by atoms with Gasteiger partial charge in [-0.3, -0.25) is 0 Å². The van der Waals surface area contributed by atoms with Gasteiger partial charge < -0.3 is 14.8 Å². The van der Waals surface area contributed by atoms with Crippen LogP contribution < -0.4 is 5.32 Å². The van der Waals surface area contributed by atoms with Crippen molar-refractivity contribution in [1.29, 1.82) is 0 Å². The molecule has 1 unspecified atom stereocenters. The SMILES string of the molecule is CCNC(CCOCCOC)Cc1nc(C)c(C)s1. The number of hydrogen-bond donors (Lipinski definition) is 1. The molecule has 1 atom stereocenters. The van der Waals surface area contributed by atoms with Crippen LogP contribution in [0.5, 0.6) is 0 Å². The molecule has 0 aliphatic heterocycles. The second-order valence-corrected chi connectivity index (χ2v) is 5.89. The summed E-state index contributed by atoms with van der Waals surface area (Å²) in [4.78, 5) is 5.93. The van der Waals surface area contributed by atoms with Crippen molar-refractivity contribution >= 4 is 11.3 Å². The Hall–Kier alpha value is -0.490. The Labute approximate surface area is 120 Å². The Morgan fingerprint density at radius 1 is 1.26 bits per heavy atom. The van der Waals surface area contributed by atoms with Crippen LogP contribution in [-0.2, 0) is 15.9 Å². The van der Waals surface area contributed by atoms with E-state index in [-0.39, 0.29) is 0 Å². The van der Waals surface area contributed by atoms with Crippen LogP contribution in [0, 0.1) is 13.8 Å². The summed E-state index contributed by atoms with van der Waals surface area (Å²) < 4.78 is 10.5. The van der Waals surface area contributed by atoms with Crippen molar-refractivity contribution in [2.24, 2.45) is 0 Å². The number of aryl methyl sites for hydroxylation is 2. The molecule has 0 aromatic carbocycles. The van der Waals surface area contributed by atoms with Crippen molar-refractivity contribution in [2.75, 3.05) is 33.5 Å². The Balaban J connectivity index is 2.35. The normalized spacial score (nSPS) is 12.8. The second-order valence-electron chi connectivity index (χ2n) is 4.60. The summed E-state index contributed by atoms with van der Waals surface area (Å²) >= 11 is 1.80. The molecule has 1 N–H and O–H groups in total. The molecule has 110 valence electrons. The smallest absolute Gasteiger partial charge is 0.0946 e. The van der Waals surface area contributed by atoms with Crippen LogP contribution in [0.25, 0.3) is 0 Å². The lowest BCUT2D eigenvalue weighted by atomic mass is 10.1. The van der Waals surface area contributed by atoms with Crippen LogP contribution in [-0.4, -0.2) is 44.5 Å². The van der Waals surface area contributed by atoms with Gasteiger partial charge in [-0.05, 0) is 26.8 Å². The Kier molecular flexibility index (Phi) is 8.21. The molecule has 0 aliphatic rings. The van der Waals surface area contributed by atoms with E-state index in [1.165, 1.54) is 9.88 Å². The molecular formula is C14H26N2O2S. The number of nitrogens with zero attached hydrogens (tertiary/aromatic N) is 1. The molecule has 5 heteroatoms. The highest BCUT2D eigenvalue weighted by Crippen LogP contribution is 2.18. The van der Waals surface area contributed by atoms with E-state index in [2.05, 4.69) is 31.1 Å². The van der Waals surface area contributed by atoms with Crippen LogP contribution in [0.2, 0.25) is 0 Å². The lowest BCUT2D eigenvalue weighted by Gasteiger charge is -2.16. The first-order valence-electron chi connectivity index (χ1n) is 6.90. The molecule has 0 amide bonds. The van der Waals surface area contributed by atoms with Gasteiger partial charge in [-0.25, -0.2) is 4.98 Å². The zero-order valence-electron chi connectivity index (χ0n) is 12.5. The van der Waals surface area contributed by atoms with Crippen LogP contribution in [0.1, 0.15) is 28.9 Å². The van der Waals surface area contributed by atoms with Crippen molar-refractivity contribution in [3.8, 4) is 0 Å². The molecule has 0 fully saturated rings. The lowest BCUT2D eigenvalue weighted by molar-refractivity contribution is 0.0659. The third-order valence-electron chi connectivity index (χ3n) is 3.03. The topological polar surface area (TPSA) is 43.4 Å². The zero-order valence-corrected chi connectivity index (χ0v) is 13.3. The first-order chi connectivity index (χ1) is 9.17. The average molecular weight is 286 g/mol. The number of likely N-dealkylation sites (N-methyl/N-ethyl adjacent to an activating group) is 1. The molecule has 0 radical (unpaired) electrons. The fourth-order valence-corrected chi connectivity index (χ4v) is 2.89. The maximum absolute atomic E-state index is 5.54. The van der Waals surface area contributed by atoms with Crippen LogP contribution >= 0.6 is 11.3 Å². The molecule has 0 bridgehead atoms. The number of nitrogens with one attached hydrogen (secondary N) is 1. The van der Waals surface area contributed by atoms with Gasteiger partial charge in [-0.1, -0.05) is 6.92 Å². The Morgan fingerprint density at radius 3 is 2.63 bits per heavy atom. The summed E-state index contributed by atoms with van der Waals surface area (Å²) in [7, 11) is 1.69. The number of ether oxygens (including phenoxy) is 2. The predicted molar refractivity (Wildman–Crippen MR) is 80.1 cm³/mol. The van der Waals surface area contributed by atoms with Crippen molar-refractivity contribution in [3.63, 3.8) is 0 Å². The van der Waals surface area contributed by atoms with E-state index >= 15 is 0 Å². The highest BCUT2D eigenvalue weighted by atomic mass is 32.1. The number of hydrogen-bond acceptors (Lipinski definition) is 5. The molecule has 1 aromatic rings. The van der Waals surface area contributed by atoms with Gasteiger partial charge in [0.05, 0.1) is 23.9 Å². The second kappa shape index (κ2) is 9.42. The van der Waals surface area contributed by atoms with Gasteiger partial charge in [0.25, 0.3) is 0 Å². The van der Waals surface area contributed by atoms with Crippen LogP contribution in [0.15, 0.2) is 0 Å². The van der Waals surface area contributed by atoms with Gasteiger partial charge >= 0.3 is 0 Å². The maximum Gasteiger partial charge on any atom is 0.0946 e. The van der Waals surface area contributed by atoms with Gasteiger partial charge in [-0.15, -0.1) is 11.3 Å². The minimum Gasteiger partial charge on any atom is -0.382 e. The van der Waals surface area contributed by atoms with E-state index in [1.807, 2.05) is 0 Å². The number of methoxy groups -OCH3 is 1. The monoisotopic (exact) mass is 286 g/mol. The van der Waals surface area contributed by atoms with Gasteiger partial charge in [0.1, 0.15) is 0 Å². The van der Waals surface area contributed by atoms with E-state index < -0.39 is 0 Å². The number of aromatic nitrogens is 1. The molecule has 1 aromatic heterocycles. The third-order valence-corrected chi connectivity index (χ3v) is 4.12. The fourth-order valence-electron chi connectivity index (χ4n) is 1.87. The predicted octanol–water partition coefficient (Wildman–Crippen LogP) is 2.33. The fraction of sp³-hybridized carbons (Fsp3) is 0.786. The van der Waals surface area contributed by atoms with Crippen LogP contribution in [0.4, 0.5) is 0 Å². The third kappa shape index (κ3) is 6.47. The largest absolute Gasteiger partial charge is 0.382 e. The van der Waals surface area contributed by atoms with Crippen molar-refractivity contribution < 1.29 is 9.47 Å². The van der Waals surface area contributed by atoms with Gasteiger partial charge in [-0.2, -0.15) is 0 Å². The Morgan fingerprint density at radius 2 is 2.05 bits per heavy atom. The van der Waals surface area contributed by atoms with Crippen molar-refractivity contribution in [2.45, 2.75) is 39.7 Å². The molecule has 1 rings (SSSR count). The van der Waals surface area contributed by atoms with E-state index in [0.717, 1.165) is 31.7 Å². The molecular weight excluding hydrogens is 260 g/mol. The molecule has 0 aliphatic carbocycles. The van der Waals surface area contributed by atoms with Crippen molar-refractivity contribution in [1.82, 2.24) is 10.3 Å². The van der Waals surface area contributed by atoms with Gasteiger partial charge in [0.15, 0.2) is 0 Å². The average Bonchev–Trinajstić information content (AvgIpc) is 2.68. The van der Waals surface area contributed by atoms with E-state index in [4.69, 9.17) is 9.47 Å². The lowest BCUT2D eigenvalue weighted by Crippen LogP contribution is -2.32. The zero-order chi connectivity index (χ0) is 14.1. The van der Waals surface area contributed by atoms with E-state index in [1.54, 1.807) is 18.4 Å². The highest BCUT2D eigenvalue weighted by molar-refractivity contribution is 7.11. The summed E-state index contributed by atoms with van der Waals surface area (Å²) in [5, 5.41) is 4.73. The van der Waals surface area contributed by atoms with E-state index in [0.29, 0.717) is 19.3 Å². The van der Waals surface area contributed by atoms with Gasteiger partial charge in [0.2, 0.25) is 0 Å². The summed E-state index contributed by atoms with van der Waals surface area (Å²) in [6.07, 6.45) is 2.00. The maximum atomic E-state index is 5.54. The first kappa shape index (κ1) is 16.6. The van der Waals surface area contributed by atoms with Gasteiger partial charge in [0, 0.05) is 31.1 Å². The van der Waals surface area contributed by atoms with Crippen molar-refractivity contribution in [3.05, 3.63) is 15.6 Å². The quantitative estimate of drug-likeness (QED) is 0.671. The first-order valence-corrected chi connectivity index (χ1v) is 7.72. The summed E-state index contributed by atoms with van der Waals surface area (Å²) in [5.74, 6) is 0. The molecule has 4 nitrogen and oxygen atoms in total. The standard InChI is InChI=1S/C14H26N2O2S/c1-5-15-13(6-7-18-9-8-17-4)10-14-16-11(2)12(3)19-14/h13,15H,5-10H2,1-4H3. The summed E-state index contributed by atoms with van der Waals surface area (Å²) in [5.41, 5.74) is 1.16. The number of thiazole rings is 1. The van der Waals surface area contributed by atoms with E-state index in [9.17, 15) is 0 Å². The molecule has 19 heavy (non-hydrogen) atoms. The highest BCUT2D eigenvalue weighted by Gasteiger charge is 2.12. The molecule has 0 spiro atoms. The minimum atomic E-state index is 0.442. The minimum absolute atomic E-state index is 0.442. The number of rotatable bonds is 10. The van der Waals surface area contributed by atoms with Crippen LogP contribution in [0.3, 0.4) is 0 Å². The Bertz CT molecular complexity index is 336. The summed E-state index contributed by atoms with van der Waals surface area (Å²) in [6.45, 7) is 9.42.